The van der Waals surface area contributed by atoms with Crippen LogP contribution in [-0.4, -0.2) is 54.0 Å². The van der Waals surface area contributed by atoms with Crippen molar-refractivity contribution in [3.05, 3.63) is 101 Å². The normalized spacial score (nSPS) is 15.3. The summed E-state index contributed by atoms with van der Waals surface area (Å²) in [6, 6.07) is 19.8. The molecule has 0 radical (unpaired) electrons. The zero-order chi connectivity index (χ0) is 28.9. The van der Waals surface area contributed by atoms with Gasteiger partial charge in [0.15, 0.2) is 0 Å². The minimum Gasteiger partial charge on any atom is -0.352 e. The third-order valence-corrected chi connectivity index (χ3v) is 8.85. The first kappa shape index (κ1) is 28.9. The van der Waals surface area contributed by atoms with Gasteiger partial charge in [-0.15, -0.1) is 0 Å². The van der Waals surface area contributed by atoms with E-state index in [2.05, 4.69) is 5.32 Å². The molecular formula is C30H32FN3O5S. The molecule has 40 heavy (non-hydrogen) atoms. The van der Waals surface area contributed by atoms with Crippen molar-refractivity contribution >= 4 is 27.7 Å². The summed E-state index contributed by atoms with van der Waals surface area (Å²) < 4.78 is 41.5. The molecular weight excluding hydrogens is 533 g/mol. The van der Waals surface area contributed by atoms with Gasteiger partial charge in [0.2, 0.25) is 11.8 Å². The van der Waals surface area contributed by atoms with Crippen molar-refractivity contribution in [2.24, 2.45) is 0 Å². The fourth-order valence-electron chi connectivity index (χ4n) is 4.60. The van der Waals surface area contributed by atoms with Crippen molar-refractivity contribution in [1.82, 2.24) is 14.5 Å². The first-order chi connectivity index (χ1) is 19.1. The second-order valence-corrected chi connectivity index (χ2v) is 11.6. The van der Waals surface area contributed by atoms with Gasteiger partial charge in [-0.05, 0) is 37.1 Å². The van der Waals surface area contributed by atoms with Crippen LogP contribution in [0.25, 0.3) is 0 Å². The van der Waals surface area contributed by atoms with Crippen LogP contribution in [0.2, 0.25) is 0 Å². The Balaban J connectivity index is 1.65. The first-order valence-corrected chi connectivity index (χ1v) is 14.6. The van der Waals surface area contributed by atoms with E-state index in [-0.39, 0.29) is 41.5 Å². The highest BCUT2D eigenvalue weighted by Crippen LogP contribution is 2.30. The molecule has 0 saturated heterocycles. The van der Waals surface area contributed by atoms with E-state index in [0.29, 0.717) is 10.7 Å². The van der Waals surface area contributed by atoms with Gasteiger partial charge < -0.3 is 10.2 Å². The van der Waals surface area contributed by atoms with E-state index in [4.69, 9.17) is 0 Å². The number of halogens is 1. The third-order valence-electron chi connectivity index (χ3n) is 7.01. The number of sulfonamides is 1. The van der Waals surface area contributed by atoms with Crippen LogP contribution in [0, 0.1) is 5.82 Å². The topological polar surface area (TPSA) is 104 Å². The standard InChI is InChI=1S/C30H32FN3O5S/c1-3-21(2)32-29(36)26(19-22-11-5-4-6-12-22)33(20-23-13-7-9-15-25(23)31)28(35)17-18-34-30(37)24-14-8-10-16-27(24)40(34,38)39/h4-16,21,26H,3,17-20H2,1-2H3,(H,32,36)/t21-,26+/m0/s1. The van der Waals surface area contributed by atoms with Gasteiger partial charge in [-0.3, -0.25) is 14.4 Å². The van der Waals surface area contributed by atoms with E-state index < -0.39 is 46.1 Å². The Morgan fingerprint density at radius 3 is 2.30 bits per heavy atom. The summed E-state index contributed by atoms with van der Waals surface area (Å²) >= 11 is 0. The molecule has 4 rings (SSSR count). The number of fused-ring (bicyclic) bond motifs is 1. The van der Waals surface area contributed by atoms with Crippen molar-refractivity contribution < 1.29 is 27.2 Å². The molecule has 0 unspecified atom stereocenters. The van der Waals surface area contributed by atoms with Crippen LogP contribution in [-0.2, 0) is 32.6 Å². The van der Waals surface area contributed by atoms with E-state index in [9.17, 15) is 27.2 Å². The van der Waals surface area contributed by atoms with E-state index >= 15 is 0 Å². The van der Waals surface area contributed by atoms with Gasteiger partial charge in [0.25, 0.3) is 15.9 Å². The van der Waals surface area contributed by atoms with Gasteiger partial charge in [-0.25, -0.2) is 17.1 Å². The fraction of sp³-hybridized carbons (Fsp3) is 0.300. The minimum absolute atomic E-state index is 0.0491. The van der Waals surface area contributed by atoms with Gasteiger partial charge in [0.05, 0.1) is 5.56 Å². The van der Waals surface area contributed by atoms with Gasteiger partial charge in [0.1, 0.15) is 16.8 Å². The Bertz CT molecular complexity index is 1500. The molecule has 0 aromatic heterocycles. The highest BCUT2D eigenvalue weighted by molar-refractivity contribution is 7.90. The third kappa shape index (κ3) is 6.22. The Kier molecular flexibility index (Phi) is 8.99. The Morgan fingerprint density at radius 1 is 0.975 bits per heavy atom. The molecule has 3 aromatic carbocycles. The number of rotatable bonds is 11. The molecule has 10 heteroatoms. The molecule has 1 heterocycles. The number of benzene rings is 3. The number of carbonyl (C=O) groups is 3. The summed E-state index contributed by atoms with van der Waals surface area (Å²) in [4.78, 5) is 41.4. The monoisotopic (exact) mass is 565 g/mol. The zero-order valence-electron chi connectivity index (χ0n) is 22.4. The van der Waals surface area contributed by atoms with Crippen molar-refractivity contribution in [3.8, 4) is 0 Å². The van der Waals surface area contributed by atoms with Crippen molar-refractivity contribution in [2.45, 2.75) is 56.6 Å². The van der Waals surface area contributed by atoms with Crippen molar-refractivity contribution in [3.63, 3.8) is 0 Å². The number of hydrogen-bond donors (Lipinski definition) is 1. The minimum atomic E-state index is -4.11. The lowest BCUT2D eigenvalue weighted by molar-refractivity contribution is -0.141. The molecule has 0 aliphatic carbocycles. The van der Waals surface area contributed by atoms with Crippen molar-refractivity contribution in [1.29, 1.82) is 0 Å². The molecule has 1 aliphatic heterocycles. The zero-order valence-corrected chi connectivity index (χ0v) is 23.2. The molecule has 2 atom stereocenters. The summed E-state index contributed by atoms with van der Waals surface area (Å²) in [6.45, 7) is 3.15. The van der Waals surface area contributed by atoms with Crippen LogP contribution < -0.4 is 5.32 Å². The number of carbonyl (C=O) groups excluding carboxylic acids is 3. The van der Waals surface area contributed by atoms with Crippen LogP contribution >= 0.6 is 0 Å². The van der Waals surface area contributed by atoms with Crippen LogP contribution in [0.3, 0.4) is 0 Å². The van der Waals surface area contributed by atoms with E-state index in [0.717, 1.165) is 5.56 Å². The lowest BCUT2D eigenvalue weighted by Gasteiger charge is -2.33. The van der Waals surface area contributed by atoms with E-state index in [1.807, 2.05) is 44.2 Å². The Labute approximate surface area is 233 Å². The molecule has 210 valence electrons. The average molecular weight is 566 g/mol. The highest BCUT2D eigenvalue weighted by Gasteiger charge is 2.41. The molecule has 3 aromatic rings. The number of nitrogens with one attached hydrogen (secondary N) is 1. The molecule has 3 amide bonds. The largest absolute Gasteiger partial charge is 0.352 e. The van der Waals surface area contributed by atoms with Crippen molar-refractivity contribution in [2.75, 3.05) is 6.54 Å². The molecule has 0 saturated carbocycles. The van der Waals surface area contributed by atoms with Crippen LogP contribution in [0.15, 0.2) is 83.8 Å². The van der Waals surface area contributed by atoms with Gasteiger partial charge >= 0.3 is 0 Å². The molecule has 1 aliphatic rings. The van der Waals surface area contributed by atoms with Crippen LogP contribution in [0.5, 0.6) is 0 Å². The number of hydrogen-bond acceptors (Lipinski definition) is 5. The average Bonchev–Trinajstić information content (AvgIpc) is 3.15. The Morgan fingerprint density at radius 2 is 1.62 bits per heavy atom. The predicted molar refractivity (Wildman–Crippen MR) is 148 cm³/mol. The summed E-state index contributed by atoms with van der Waals surface area (Å²) in [5.41, 5.74) is 1.06. The van der Waals surface area contributed by atoms with E-state index in [1.54, 1.807) is 12.1 Å². The smallest absolute Gasteiger partial charge is 0.269 e. The molecule has 1 N–H and O–H groups in total. The first-order valence-electron chi connectivity index (χ1n) is 13.2. The van der Waals surface area contributed by atoms with Gasteiger partial charge in [0, 0.05) is 37.5 Å². The maximum Gasteiger partial charge on any atom is 0.269 e. The maximum absolute atomic E-state index is 14.7. The quantitative estimate of drug-likeness (QED) is 0.380. The lowest BCUT2D eigenvalue weighted by atomic mass is 10.0. The fourth-order valence-corrected chi connectivity index (χ4v) is 6.17. The van der Waals surface area contributed by atoms with Crippen LogP contribution in [0.1, 0.15) is 48.2 Å². The molecule has 0 bridgehead atoms. The lowest BCUT2D eigenvalue weighted by Crippen LogP contribution is -2.52. The number of nitrogens with zero attached hydrogens (tertiary/aromatic N) is 2. The SMILES string of the molecule is CC[C@H](C)NC(=O)[C@@H](Cc1ccccc1)N(Cc1ccccc1F)C(=O)CCN1C(=O)c2ccccc2S1(=O)=O. The Hall–Kier alpha value is -4.05. The second kappa shape index (κ2) is 12.4. The summed E-state index contributed by atoms with van der Waals surface area (Å²) in [6.07, 6.45) is 0.450. The summed E-state index contributed by atoms with van der Waals surface area (Å²) in [5.74, 6) is -2.23. The molecule has 8 nitrogen and oxygen atoms in total. The molecule has 0 spiro atoms. The summed E-state index contributed by atoms with van der Waals surface area (Å²) in [7, 11) is -4.11. The van der Waals surface area contributed by atoms with Gasteiger partial charge in [-0.2, -0.15) is 0 Å². The maximum atomic E-state index is 14.7. The summed E-state index contributed by atoms with van der Waals surface area (Å²) in [5, 5.41) is 2.93. The highest BCUT2D eigenvalue weighted by atomic mass is 32.2. The van der Waals surface area contributed by atoms with Crippen LogP contribution in [0.4, 0.5) is 4.39 Å². The number of amides is 3. The second-order valence-electron chi connectivity index (χ2n) is 9.76. The van der Waals surface area contributed by atoms with E-state index in [1.165, 1.54) is 41.3 Å². The molecule has 0 fully saturated rings. The van der Waals surface area contributed by atoms with Gasteiger partial charge in [-0.1, -0.05) is 67.6 Å². The predicted octanol–water partition coefficient (Wildman–Crippen LogP) is 3.92.